The predicted molar refractivity (Wildman–Crippen MR) is 120 cm³/mol. The Morgan fingerprint density at radius 2 is 1.94 bits per heavy atom. The van der Waals surface area contributed by atoms with Gasteiger partial charge in [-0.25, -0.2) is 17.5 Å². The fraction of sp³-hybridized carbons (Fsp3) is 0.348. The van der Waals surface area contributed by atoms with E-state index in [1.807, 2.05) is 6.08 Å². The van der Waals surface area contributed by atoms with Crippen LogP contribution in [0.3, 0.4) is 0 Å². The highest BCUT2D eigenvalue weighted by Gasteiger charge is 2.49. The van der Waals surface area contributed by atoms with Crippen LogP contribution in [0.25, 0.3) is 11.8 Å². The molecule has 3 aromatic rings. The molecule has 1 aliphatic heterocycles. The van der Waals surface area contributed by atoms with Gasteiger partial charge in [-0.3, -0.25) is 9.48 Å². The second-order valence-electron chi connectivity index (χ2n) is 8.76. The minimum atomic E-state index is -3.82. The SMILES string of the molecule is CC(=O)[C@]12Cc3cnn(-c4ccc(F)cc4)c3C=C1CCN(S(=O)(=O)c1cc(C)nn1C)C2. The Morgan fingerprint density at radius 3 is 2.58 bits per heavy atom. The number of sulfonamides is 1. The minimum Gasteiger partial charge on any atom is -0.299 e. The number of piperidine rings is 1. The van der Waals surface area contributed by atoms with Gasteiger partial charge < -0.3 is 0 Å². The Kier molecular flexibility index (Phi) is 4.91. The molecular formula is C23H24FN5O3S. The highest BCUT2D eigenvalue weighted by Crippen LogP contribution is 2.45. The number of carbonyl (C=O) groups excluding carboxylic acids is 1. The van der Waals surface area contributed by atoms with Gasteiger partial charge in [0, 0.05) is 20.1 Å². The second kappa shape index (κ2) is 7.46. The zero-order valence-electron chi connectivity index (χ0n) is 18.6. The molecule has 0 spiro atoms. The average Bonchev–Trinajstić information content (AvgIpc) is 3.34. The van der Waals surface area contributed by atoms with Crippen LogP contribution in [-0.2, 0) is 28.3 Å². The van der Waals surface area contributed by atoms with Crippen molar-refractivity contribution >= 4 is 21.9 Å². The molecule has 3 heterocycles. The number of aromatic nitrogens is 4. The molecule has 0 N–H and O–H groups in total. The number of hydrogen-bond donors (Lipinski definition) is 0. The van der Waals surface area contributed by atoms with Crippen molar-refractivity contribution in [2.24, 2.45) is 12.5 Å². The maximum Gasteiger partial charge on any atom is 0.260 e. The summed E-state index contributed by atoms with van der Waals surface area (Å²) in [6.07, 6.45) is 4.45. The molecule has 1 atom stereocenters. The van der Waals surface area contributed by atoms with Crippen LogP contribution in [0.1, 0.15) is 30.3 Å². The van der Waals surface area contributed by atoms with Crippen LogP contribution < -0.4 is 0 Å². The Hall–Kier alpha value is -3.11. The fourth-order valence-corrected chi connectivity index (χ4v) is 6.61. The first-order valence-corrected chi connectivity index (χ1v) is 12.1. The maximum atomic E-state index is 13.4. The third-order valence-corrected chi connectivity index (χ3v) is 8.59. The van der Waals surface area contributed by atoms with Gasteiger partial charge in [-0.15, -0.1) is 0 Å². The molecule has 1 aromatic carbocycles. The van der Waals surface area contributed by atoms with Crippen LogP contribution in [-0.4, -0.2) is 51.2 Å². The van der Waals surface area contributed by atoms with E-state index in [2.05, 4.69) is 10.2 Å². The van der Waals surface area contributed by atoms with E-state index in [4.69, 9.17) is 0 Å². The minimum absolute atomic E-state index is 0.0713. The zero-order valence-corrected chi connectivity index (χ0v) is 19.4. The van der Waals surface area contributed by atoms with E-state index in [0.29, 0.717) is 18.5 Å². The molecular weight excluding hydrogens is 445 g/mol. The summed E-state index contributed by atoms with van der Waals surface area (Å²) in [5, 5.41) is 8.76. The predicted octanol–water partition coefficient (Wildman–Crippen LogP) is 2.66. The zero-order chi connectivity index (χ0) is 23.5. The van der Waals surface area contributed by atoms with Crippen molar-refractivity contribution in [3.8, 4) is 5.69 Å². The van der Waals surface area contributed by atoms with Gasteiger partial charge in [0.25, 0.3) is 10.0 Å². The molecule has 1 aliphatic carbocycles. The Bertz CT molecular complexity index is 1400. The summed E-state index contributed by atoms with van der Waals surface area (Å²) >= 11 is 0. The second-order valence-corrected chi connectivity index (χ2v) is 10.6. The summed E-state index contributed by atoms with van der Waals surface area (Å²) in [5.74, 6) is -0.402. The molecule has 0 saturated carbocycles. The Labute approximate surface area is 191 Å². The van der Waals surface area contributed by atoms with Crippen LogP contribution in [0, 0.1) is 18.2 Å². The Morgan fingerprint density at radius 1 is 1.21 bits per heavy atom. The van der Waals surface area contributed by atoms with Crippen LogP contribution >= 0.6 is 0 Å². The summed E-state index contributed by atoms with van der Waals surface area (Å²) in [4.78, 5) is 13.0. The summed E-state index contributed by atoms with van der Waals surface area (Å²) < 4.78 is 44.7. The van der Waals surface area contributed by atoms with Crippen LogP contribution in [0.4, 0.5) is 4.39 Å². The van der Waals surface area contributed by atoms with Crippen LogP contribution in [0.15, 0.2) is 47.1 Å². The molecule has 33 heavy (non-hydrogen) atoms. The molecule has 1 fully saturated rings. The lowest BCUT2D eigenvalue weighted by Gasteiger charge is -2.44. The van der Waals surface area contributed by atoms with Gasteiger partial charge in [-0.1, -0.05) is 5.57 Å². The third kappa shape index (κ3) is 3.36. The van der Waals surface area contributed by atoms with E-state index in [-0.39, 0.29) is 29.7 Å². The number of halogens is 1. The van der Waals surface area contributed by atoms with Gasteiger partial charge in [0.1, 0.15) is 11.6 Å². The maximum absolute atomic E-state index is 13.4. The van der Waals surface area contributed by atoms with E-state index in [1.165, 1.54) is 28.0 Å². The van der Waals surface area contributed by atoms with Gasteiger partial charge >= 0.3 is 0 Å². The Balaban J connectivity index is 1.54. The number of fused-ring (bicyclic) bond motifs is 2. The number of aryl methyl sites for hydroxylation is 2. The number of ketones is 1. The molecule has 10 heteroatoms. The first kappa shape index (κ1) is 21.7. The van der Waals surface area contributed by atoms with Crippen molar-refractivity contribution in [2.75, 3.05) is 13.1 Å². The molecule has 0 amide bonds. The summed E-state index contributed by atoms with van der Waals surface area (Å²) in [6, 6.07) is 7.61. The molecule has 1 saturated heterocycles. The molecule has 2 aromatic heterocycles. The highest BCUT2D eigenvalue weighted by molar-refractivity contribution is 7.89. The van der Waals surface area contributed by atoms with Crippen molar-refractivity contribution in [1.82, 2.24) is 23.9 Å². The lowest BCUT2D eigenvalue weighted by Crippen LogP contribution is -2.52. The lowest BCUT2D eigenvalue weighted by molar-refractivity contribution is -0.125. The summed E-state index contributed by atoms with van der Waals surface area (Å²) in [5.41, 5.74) is 2.99. The van der Waals surface area contributed by atoms with E-state index in [9.17, 15) is 17.6 Å². The smallest absolute Gasteiger partial charge is 0.260 e. The first-order valence-electron chi connectivity index (χ1n) is 10.7. The first-order chi connectivity index (χ1) is 15.6. The topological polar surface area (TPSA) is 90.1 Å². The molecule has 8 nitrogen and oxygen atoms in total. The summed E-state index contributed by atoms with van der Waals surface area (Å²) in [6.45, 7) is 3.61. The quantitative estimate of drug-likeness (QED) is 0.586. The largest absolute Gasteiger partial charge is 0.299 e. The number of carbonyl (C=O) groups is 1. The molecule has 172 valence electrons. The van der Waals surface area contributed by atoms with Crippen molar-refractivity contribution in [1.29, 1.82) is 0 Å². The standard InChI is InChI=1S/C23H24FN5O3S/c1-15-10-22(27(3)26-15)33(31,32)28-9-8-18-11-21-17(12-23(18,14-28)16(2)30)13-25-29(21)20-6-4-19(24)5-7-20/h4-7,10-11,13H,8-9,12,14H2,1-3H3/t23-/m1/s1. The third-order valence-electron chi connectivity index (χ3n) is 6.69. The molecule has 0 unspecified atom stereocenters. The van der Waals surface area contributed by atoms with E-state index in [0.717, 1.165) is 22.5 Å². The van der Waals surface area contributed by atoms with Crippen LogP contribution in [0.2, 0.25) is 0 Å². The molecule has 2 aliphatic rings. The van der Waals surface area contributed by atoms with Crippen LogP contribution in [0.5, 0.6) is 0 Å². The number of benzene rings is 1. The van der Waals surface area contributed by atoms with Gasteiger partial charge in [0.2, 0.25) is 0 Å². The number of Topliss-reactive ketones (excluding diaryl/α,β-unsaturated/α-hetero) is 1. The van der Waals surface area contributed by atoms with E-state index >= 15 is 0 Å². The van der Waals surface area contributed by atoms with Crippen molar-refractivity contribution < 1.29 is 17.6 Å². The number of rotatable bonds is 4. The molecule has 5 rings (SSSR count). The average molecular weight is 470 g/mol. The highest BCUT2D eigenvalue weighted by atomic mass is 32.2. The van der Waals surface area contributed by atoms with Gasteiger partial charge in [0.05, 0.1) is 28.7 Å². The van der Waals surface area contributed by atoms with E-state index < -0.39 is 15.4 Å². The number of hydrogen-bond acceptors (Lipinski definition) is 5. The lowest BCUT2D eigenvalue weighted by atomic mass is 9.66. The molecule has 0 radical (unpaired) electrons. The normalized spacial score (nSPS) is 20.8. The van der Waals surface area contributed by atoms with Crippen molar-refractivity contribution in [2.45, 2.75) is 31.7 Å². The molecule has 0 bridgehead atoms. The fourth-order valence-electron chi connectivity index (χ4n) is 4.93. The monoisotopic (exact) mass is 469 g/mol. The van der Waals surface area contributed by atoms with Crippen molar-refractivity contribution in [3.63, 3.8) is 0 Å². The number of nitrogens with zero attached hydrogens (tertiary/aromatic N) is 5. The van der Waals surface area contributed by atoms with Gasteiger partial charge in [0.15, 0.2) is 5.03 Å². The van der Waals surface area contributed by atoms with E-state index in [1.54, 1.807) is 43.0 Å². The van der Waals surface area contributed by atoms with Gasteiger partial charge in [-0.2, -0.15) is 14.5 Å². The summed E-state index contributed by atoms with van der Waals surface area (Å²) in [7, 11) is -2.21. The van der Waals surface area contributed by atoms with Gasteiger partial charge in [-0.05, 0) is 68.7 Å². The van der Waals surface area contributed by atoms with Crippen molar-refractivity contribution in [3.05, 3.63) is 64.9 Å².